The highest BCUT2D eigenvalue weighted by Gasteiger charge is 2.32. The Balaban J connectivity index is 2.83. The number of hydrogen-bond donors (Lipinski definition) is 7. The number of amides is 4. The van der Waals surface area contributed by atoms with E-state index < -0.39 is 60.4 Å². The second-order valence-corrected chi connectivity index (χ2v) is 7.67. The molecule has 5 atom stereocenters. The standard InChI is InChI=1S/C19H33N5O7/c1-3-10(2)15(19(30)31)24-18(29)13(9-25)23-17(28)12(6-7-14(20)26)22-16(27)11-5-4-8-21-11/h10-13,15,21,25H,3-9H2,1-2H3,(H2,20,26)(H,22,27)(H,23,28)(H,24,29)(H,30,31). The van der Waals surface area contributed by atoms with Gasteiger partial charge in [0.2, 0.25) is 23.6 Å². The van der Waals surface area contributed by atoms with Crippen LogP contribution in [0.1, 0.15) is 46.0 Å². The van der Waals surface area contributed by atoms with E-state index in [0.29, 0.717) is 19.4 Å². The highest BCUT2D eigenvalue weighted by Crippen LogP contribution is 2.09. The molecule has 0 aromatic rings. The molecular formula is C19H33N5O7. The molecule has 5 unspecified atom stereocenters. The van der Waals surface area contributed by atoms with Crippen LogP contribution in [0.5, 0.6) is 0 Å². The number of primary amides is 1. The van der Waals surface area contributed by atoms with Crippen LogP contribution in [0.4, 0.5) is 0 Å². The number of hydrogen-bond acceptors (Lipinski definition) is 7. The smallest absolute Gasteiger partial charge is 0.326 e. The van der Waals surface area contributed by atoms with Gasteiger partial charge in [-0.05, 0) is 31.7 Å². The zero-order valence-corrected chi connectivity index (χ0v) is 17.8. The monoisotopic (exact) mass is 443 g/mol. The SMILES string of the molecule is CCC(C)C(NC(=O)C(CO)NC(=O)C(CCC(N)=O)NC(=O)C1CCCN1)C(=O)O. The molecular weight excluding hydrogens is 410 g/mol. The summed E-state index contributed by atoms with van der Waals surface area (Å²) in [4.78, 5) is 60.0. The zero-order valence-electron chi connectivity index (χ0n) is 17.8. The number of rotatable bonds is 13. The van der Waals surface area contributed by atoms with Crippen LogP contribution in [0, 0.1) is 5.92 Å². The molecule has 0 aromatic carbocycles. The zero-order chi connectivity index (χ0) is 23.6. The molecule has 1 rings (SSSR count). The molecule has 1 aliphatic rings. The van der Waals surface area contributed by atoms with Gasteiger partial charge in [0.15, 0.2) is 0 Å². The van der Waals surface area contributed by atoms with Crippen LogP contribution in [-0.2, 0) is 24.0 Å². The van der Waals surface area contributed by atoms with Crippen molar-refractivity contribution in [2.45, 2.75) is 70.1 Å². The minimum Gasteiger partial charge on any atom is -0.480 e. The Bertz CT molecular complexity index is 666. The van der Waals surface area contributed by atoms with E-state index in [9.17, 15) is 34.2 Å². The molecule has 176 valence electrons. The number of nitrogens with two attached hydrogens (primary N) is 1. The maximum atomic E-state index is 12.7. The Hall–Kier alpha value is -2.73. The van der Waals surface area contributed by atoms with Crippen LogP contribution in [0.15, 0.2) is 0 Å². The fraction of sp³-hybridized carbons (Fsp3) is 0.737. The molecule has 8 N–H and O–H groups in total. The minimum absolute atomic E-state index is 0.0932. The first-order valence-electron chi connectivity index (χ1n) is 10.4. The third-order valence-electron chi connectivity index (χ3n) is 5.28. The number of carboxylic acid groups (broad SMARTS) is 1. The van der Waals surface area contributed by atoms with Crippen molar-refractivity contribution < 1.29 is 34.2 Å². The summed E-state index contributed by atoms with van der Waals surface area (Å²) in [7, 11) is 0. The highest BCUT2D eigenvalue weighted by molar-refractivity contribution is 5.94. The lowest BCUT2D eigenvalue weighted by Crippen LogP contribution is -2.58. The van der Waals surface area contributed by atoms with Gasteiger partial charge < -0.3 is 37.2 Å². The van der Waals surface area contributed by atoms with Gasteiger partial charge in [-0.2, -0.15) is 0 Å². The van der Waals surface area contributed by atoms with Crippen molar-refractivity contribution in [3.05, 3.63) is 0 Å². The van der Waals surface area contributed by atoms with Crippen LogP contribution in [0.2, 0.25) is 0 Å². The van der Waals surface area contributed by atoms with Gasteiger partial charge in [-0.1, -0.05) is 20.3 Å². The van der Waals surface area contributed by atoms with Crippen molar-refractivity contribution >= 4 is 29.6 Å². The fourth-order valence-corrected chi connectivity index (χ4v) is 3.14. The Morgan fingerprint density at radius 3 is 2.23 bits per heavy atom. The van der Waals surface area contributed by atoms with Crippen molar-refractivity contribution in [3.8, 4) is 0 Å². The first-order chi connectivity index (χ1) is 14.6. The van der Waals surface area contributed by atoms with E-state index in [4.69, 9.17) is 5.73 Å². The number of carboxylic acids is 1. The van der Waals surface area contributed by atoms with Crippen LogP contribution in [0.3, 0.4) is 0 Å². The van der Waals surface area contributed by atoms with Crippen LogP contribution in [0.25, 0.3) is 0 Å². The molecule has 0 aliphatic carbocycles. The van der Waals surface area contributed by atoms with Gasteiger partial charge in [0, 0.05) is 6.42 Å². The molecule has 1 fully saturated rings. The van der Waals surface area contributed by atoms with Gasteiger partial charge in [-0.15, -0.1) is 0 Å². The van der Waals surface area contributed by atoms with Gasteiger partial charge in [0.25, 0.3) is 0 Å². The summed E-state index contributed by atoms with van der Waals surface area (Å²) in [6.07, 6.45) is 1.63. The summed E-state index contributed by atoms with van der Waals surface area (Å²) >= 11 is 0. The van der Waals surface area contributed by atoms with E-state index in [0.717, 1.165) is 6.42 Å². The first-order valence-corrected chi connectivity index (χ1v) is 10.4. The molecule has 12 nitrogen and oxygen atoms in total. The maximum absolute atomic E-state index is 12.7. The van der Waals surface area contributed by atoms with Crippen molar-refractivity contribution in [3.63, 3.8) is 0 Å². The molecule has 1 heterocycles. The summed E-state index contributed by atoms with van der Waals surface area (Å²) in [5.41, 5.74) is 5.14. The molecule has 4 amide bonds. The van der Waals surface area contributed by atoms with Crippen molar-refractivity contribution in [1.29, 1.82) is 0 Å². The first kappa shape index (κ1) is 26.3. The average molecular weight is 444 g/mol. The Labute approximate surface area is 180 Å². The number of carbonyl (C=O) groups excluding carboxylic acids is 4. The molecule has 0 aromatic heterocycles. The number of aliphatic carboxylic acids is 1. The third-order valence-corrected chi connectivity index (χ3v) is 5.28. The van der Waals surface area contributed by atoms with Gasteiger partial charge >= 0.3 is 5.97 Å². The molecule has 31 heavy (non-hydrogen) atoms. The van der Waals surface area contributed by atoms with E-state index >= 15 is 0 Å². The lowest BCUT2D eigenvalue weighted by atomic mass is 9.99. The van der Waals surface area contributed by atoms with Crippen molar-refractivity contribution in [2.24, 2.45) is 11.7 Å². The molecule has 0 radical (unpaired) electrons. The average Bonchev–Trinajstić information content (AvgIpc) is 3.26. The van der Waals surface area contributed by atoms with Gasteiger partial charge in [0.05, 0.1) is 12.6 Å². The normalized spacial score (nSPS) is 19.5. The summed E-state index contributed by atoms with van der Waals surface area (Å²) in [5.74, 6) is -4.37. The number of carbonyl (C=O) groups is 5. The van der Waals surface area contributed by atoms with Gasteiger partial charge in [-0.3, -0.25) is 19.2 Å². The van der Waals surface area contributed by atoms with E-state index in [1.54, 1.807) is 13.8 Å². The second kappa shape index (κ2) is 12.8. The van der Waals surface area contributed by atoms with E-state index in [1.165, 1.54) is 0 Å². The maximum Gasteiger partial charge on any atom is 0.326 e. The Kier molecular flexibility index (Phi) is 10.9. The van der Waals surface area contributed by atoms with Gasteiger partial charge in [-0.25, -0.2) is 4.79 Å². The molecule has 12 heteroatoms. The van der Waals surface area contributed by atoms with Crippen LogP contribution >= 0.6 is 0 Å². The Morgan fingerprint density at radius 1 is 1.10 bits per heavy atom. The van der Waals surface area contributed by atoms with E-state index in [-0.39, 0.29) is 18.8 Å². The topological polar surface area (TPSA) is 200 Å². The third kappa shape index (κ3) is 8.50. The summed E-state index contributed by atoms with van der Waals surface area (Å²) in [6, 6.07) is -4.25. The predicted molar refractivity (Wildman–Crippen MR) is 109 cm³/mol. The quantitative estimate of drug-likeness (QED) is 0.163. The van der Waals surface area contributed by atoms with E-state index in [1.807, 2.05) is 0 Å². The molecule has 0 bridgehead atoms. The molecule has 0 spiro atoms. The van der Waals surface area contributed by atoms with Gasteiger partial charge in [0.1, 0.15) is 18.1 Å². The number of aliphatic hydroxyl groups is 1. The lowest BCUT2D eigenvalue weighted by Gasteiger charge is -2.25. The molecule has 1 aliphatic heterocycles. The Morgan fingerprint density at radius 2 is 1.74 bits per heavy atom. The number of aliphatic hydroxyl groups excluding tert-OH is 1. The summed E-state index contributed by atoms with van der Waals surface area (Å²) < 4.78 is 0. The summed E-state index contributed by atoms with van der Waals surface area (Å²) in [5, 5.41) is 29.0. The molecule has 1 saturated heterocycles. The van der Waals surface area contributed by atoms with Crippen molar-refractivity contribution in [2.75, 3.05) is 13.2 Å². The fourth-order valence-electron chi connectivity index (χ4n) is 3.14. The van der Waals surface area contributed by atoms with Crippen LogP contribution < -0.4 is 27.0 Å². The second-order valence-electron chi connectivity index (χ2n) is 7.67. The highest BCUT2D eigenvalue weighted by atomic mass is 16.4. The van der Waals surface area contributed by atoms with Crippen molar-refractivity contribution in [1.82, 2.24) is 21.3 Å². The minimum atomic E-state index is -1.43. The summed E-state index contributed by atoms with van der Waals surface area (Å²) in [6.45, 7) is 3.30. The predicted octanol–water partition coefficient (Wildman–Crippen LogP) is -2.42. The molecule has 0 saturated carbocycles. The van der Waals surface area contributed by atoms with Crippen LogP contribution in [-0.4, -0.2) is 77.1 Å². The number of nitrogens with one attached hydrogen (secondary N) is 4. The van der Waals surface area contributed by atoms with E-state index in [2.05, 4.69) is 21.3 Å². The lowest BCUT2D eigenvalue weighted by molar-refractivity contribution is -0.144. The largest absolute Gasteiger partial charge is 0.480 e.